The summed E-state index contributed by atoms with van der Waals surface area (Å²) in [5.41, 5.74) is 1.16. The van der Waals surface area contributed by atoms with Crippen LogP contribution in [0.2, 0.25) is 0 Å². The molecular formula is C13H10BrN3OS. The van der Waals surface area contributed by atoms with Crippen LogP contribution in [0, 0.1) is 6.92 Å². The molecule has 0 fully saturated rings. The van der Waals surface area contributed by atoms with Crippen molar-refractivity contribution in [2.45, 2.75) is 6.92 Å². The summed E-state index contributed by atoms with van der Waals surface area (Å²) in [5, 5.41) is 2.82. The molecule has 4 nitrogen and oxygen atoms in total. The molecule has 1 N–H and O–H groups in total. The molecule has 0 aliphatic heterocycles. The lowest BCUT2D eigenvalue weighted by Crippen LogP contribution is -2.12. The van der Waals surface area contributed by atoms with E-state index in [0.717, 1.165) is 15.1 Å². The summed E-state index contributed by atoms with van der Waals surface area (Å²) < 4.78 is 2.79. The number of rotatable bonds is 2. The van der Waals surface area contributed by atoms with Crippen molar-refractivity contribution in [2.75, 3.05) is 5.32 Å². The third-order valence-electron chi connectivity index (χ3n) is 2.59. The average molecular weight is 336 g/mol. The molecular weight excluding hydrogens is 326 g/mol. The molecule has 0 bridgehead atoms. The van der Waals surface area contributed by atoms with E-state index in [1.54, 1.807) is 17.5 Å². The van der Waals surface area contributed by atoms with Crippen molar-refractivity contribution in [2.24, 2.45) is 0 Å². The number of hydrogen-bond acceptors (Lipinski definition) is 3. The van der Waals surface area contributed by atoms with E-state index < -0.39 is 0 Å². The van der Waals surface area contributed by atoms with Gasteiger partial charge in [0.25, 0.3) is 5.91 Å². The number of hydrogen-bond donors (Lipinski definition) is 1. The van der Waals surface area contributed by atoms with Gasteiger partial charge in [-0.1, -0.05) is 22.0 Å². The number of amides is 1. The largest absolute Gasteiger partial charge is 0.321 e. The monoisotopic (exact) mass is 335 g/mol. The predicted molar refractivity (Wildman–Crippen MR) is 79.9 cm³/mol. The van der Waals surface area contributed by atoms with Gasteiger partial charge in [0.15, 0.2) is 4.96 Å². The number of carbonyl (C=O) groups is 1. The van der Waals surface area contributed by atoms with E-state index >= 15 is 0 Å². The number of halogens is 1. The zero-order chi connectivity index (χ0) is 13.4. The van der Waals surface area contributed by atoms with Gasteiger partial charge in [0.1, 0.15) is 5.69 Å². The molecule has 3 aromatic rings. The Labute approximate surface area is 122 Å². The summed E-state index contributed by atoms with van der Waals surface area (Å²) in [6, 6.07) is 7.46. The summed E-state index contributed by atoms with van der Waals surface area (Å²) >= 11 is 4.93. The molecule has 0 saturated heterocycles. The van der Waals surface area contributed by atoms with Crippen LogP contribution in [0.3, 0.4) is 0 Å². The highest BCUT2D eigenvalue weighted by molar-refractivity contribution is 9.10. The Bertz CT molecular complexity index is 731. The fraction of sp³-hybridized carbons (Fsp3) is 0.0769. The molecule has 0 radical (unpaired) electrons. The number of thiazole rings is 1. The second kappa shape index (κ2) is 4.79. The molecule has 96 valence electrons. The molecule has 0 unspecified atom stereocenters. The van der Waals surface area contributed by atoms with Crippen LogP contribution in [0.4, 0.5) is 5.69 Å². The van der Waals surface area contributed by atoms with Crippen LogP contribution in [0.25, 0.3) is 4.96 Å². The molecule has 2 aromatic heterocycles. The number of imidazole rings is 1. The summed E-state index contributed by atoms with van der Waals surface area (Å²) in [4.78, 5) is 18.4. The van der Waals surface area contributed by atoms with Crippen LogP contribution in [0.1, 0.15) is 15.4 Å². The van der Waals surface area contributed by atoms with E-state index in [0.29, 0.717) is 5.69 Å². The number of nitrogens with one attached hydrogen (secondary N) is 1. The Morgan fingerprint density at radius 2 is 2.26 bits per heavy atom. The Morgan fingerprint density at radius 3 is 3.00 bits per heavy atom. The summed E-state index contributed by atoms with van der Waals surface area (Å²) in [6.07, 6.45) is 3.70. The minimum atomic E-state index is -0.202. The first-order chi connectivity index (χ1) is 9.11. The maximum Gasteiger partial charge on any atom is 0.275 e. The second-order valence-corrected chi connectivity index (χ2v) is 6.25. The number of nitrogens with zero attached hydrogens (tertiary/aromatic N) is 2. The first-order valence-electron chi connectivity index (χ1n) is 5.64. The van der Waals surface area contributed by atoms with E-state index in [4.69, 9.17) is 0 Å². The highest BCUT2D eigenvalue weighted by Crippen LogP contribution is 2.19. The first-order valence-corrected chi connectivity index (χ1v) is 7.25. The van der Waals surface area contributed by atoms with Crippen molar-refractivity contribution < 1.29 is 4.79 Å². The Morgan fingerprint density at radius 1 is 1.42 bits per heavy atom. The third-order valence-corrected chi connectivity index (χ3v) is 3.99. The second-order valence-electron chi connectivity index (χ2n) is 4.12. The third kappa shape index (κ3) is 2.54. The van der Waals surface area contributed by atoms with E-state index in [-0.39, 0.29) is 5.91 Å². The number of benzene rings is 1. The average Bonchev–Trinajstić information content (AvgIpc) is 2.86. The van der Waals surface area contributed by atoms with Gasteiger partial charge in [-0.2, -0.15) is 0 Å². The summed E-state index contributed by atoms with van der Waals surface area (Å²) in [5.74, 6) is -0.202. The van der Waals surface area contributed by atoms with E-state index in [1.165, 1.54) is 4.88 Å². The van der Waals surface area contributed by atoms with Crippen molar-refractivity contribution in [3.63, 3.8) is 0 Å². The van der Waals surface area contributed by atoms with Crippen molar-refractivity contribution >= 4 is 43.8 Å². The van der Waals surface area contributed by atoms with Crippen molar-refractivity contribution in [3.8, 4) is 0 Å². The quantitative estimate of drug-likeness (QED) is 0.775. The Hall–Kier alpha value is -1.66. The van der Waals surface area contributed by atoms with Gasteiger partial charge in [-0.3, -0.25) is 9.20 Å². The van der Waals surface area contributed by atoms with Crippen molar-refractivity contribution in [1.82, 2.24) is 9.38 Å². The van der Waals surface area contributed by atoms with E-state index in [9.17, 15) is 4.79 Å². The van der Waals surface area contributed by atoms with Gasteiger partial charge >= 0.3 is 0 Å². The maximum absolute atomic E-state index is 12.1. The standard InChI is InChI=1S/C13H10BrN3OS/c1-8-6-17-7-11(16-13(17)19-8)12(18)15-10-4-2-3-9(14)5-10/h2-7H,1H3,(H,15,18). The number of aromatic nitrogens is 2. The highest BCUT2D eigenvalue weighted by Gasteiger charge is 2.12. The van der Waals surface area contributed by atoms with Gasteiger partial charge in [0.05, 0.1) is 0 Å². The fourth-order valence-electron chi connectivity index (χ4n) is 1.78. The molecule has 0 saturated carbocycles. The van der Waals surface area contributed by atoms with Gasteiger partial charge in [0.2, 0.25) is 0 Å². The van der Waals surface area contributed by atoms with Crippen LogP contribution in [-0.2, 0) is 0 Å². The first kappa shape index (κ1) is 12.4. The molecule has 1 aromatic carbocycles. The lowest BCUT2D eigenvalue weighted by atomic mass is 10.3. The topological polar surface area (TPSA) is 46.4 Å². The van der Waals surface area contributed by atoms with Gasteiger partial charge in [-0.15, -0.1) is 11.3 Å². The zero-order valence-corrected chi connectivity index (χ0v) is 12.5. The van der Waals surface area contributed by atoms with Crippen LogP contribution in [-0.4, -0.2) is 15.3 Å². The van der Waals surface area contributed by atoms with E-state index in [1.807, 2.05) is 41.8 Å². The Kier molecular flexibility index (Phi) is 3.12. The van der Waals surface area contributed by atoms with Crippen LogP contribution >= 0.6 is 27.3 Å². The smallest absolute Gasteiger partial charge is 0.275 e. The van der Waals surface area contributed by atoms with Crippen LogP contribution in [0.15, 0.2) is 41.1 Å². The summed E-state index contributed by atoms with van der Waals surface area (Å²) in [7, 11) is 0. The lowest BCUT2D eigenvalue weighted by Gasteiger charge is -2.02. The molecule has 0 spiro atoms. The van der Waals surface area contributed by atoms with Gasteiger partial charge < -0.3 is 5.32 Å². The zero-order valence-electron chi connectivity index (χ0n) is 10.1. The number of aryl methyl sites for hydroxylation is 1. The molecule has 19 heavy (non-hydrogen) atoms. The molecule has 0 aliphatic rings. The molecule has 3 rings (SSSR count). The van der Waals surface area contributed by atoms with E-state index in [2.05, 4.69) is 26.2 Å². The molecule has 0 atom stereocenters. The minimum Gasteiger partial charge on any atom is -0.321 e. The molecule has 2 heterocycles. The predicted octanol–water partition coefficient (Wildman–Crippen LogP) is 3.72. The minimum absolute atomic E-state index is 0.202. The maximum atomic E-state index is 12.1. The number of carbonyl (C=O) groups excluding carboxylic acids is 1. The van der Waals surface area contributed by atoms with Crippen molar-refractivity contribution in [1.29, 1.82) is 0 Å². The van der Waals surface area contributed by atoms with Gasteiger partial charge in [0, 0.05) is 27.4 Å². The van der Waals surface area contributed by atoms with Crippen molar-refractivity contribution in [3.05, 3.63) is 51.7 Å². The molecule has 1 amide bonds. The lowest BCUT2D eigenvalue weighted by molar-refractivity contribution is 0.102. The number of anilines is 1. The number of fused-ring (bicyclic) bond motifs is 1. The van der Waals surface area contributed by atoms with Gasteiger partial charge in [-0.05, 0) is 25.1 Å². The van der Waals surface area contributed by atoms with Gasteiger partial charge in [-0.25, -0.2) is 4.98 Å². The highest BCUT2D eigenvalue weighted by atomic mass is 79.9. The molecule has 6 heteroatoms. The van der Waals surface area contributed by atoms with Crippen LogP contribution in [0.5, 0.6) is 0 Å². The molecule has 0 aliphatic carbocycles. The normalized spacial score (nSPS) is 10.8. The fourth-order valence-corrected chi connectivity index (χ4v) is 2.99. The summed E-state index contributed by atoms with van der Waals surface area (Å²) in [6.45, 7) is 2.01. The SMILES string of the molecule is Cc1cn2cc(C(=O)Nc3cccc(Br)c3)nc2s1. The van der Waals surface area contributed by atoms with Crippen LogP contribution < -0.4 is 5.32 Å². The Balaban J connectivity index is 1.85.